The summed E-state index contributed by atoms with van der Waals surface area (Å²) in [5.74, 6) is 1.78. The van der Waals surface area contributed by atoms with Crippen LogP contribution in [0.15, 0.2) is 12.1 Å². The van der Waals surface area contributed by atoms with Gasteiger partial charge in [-0.25, -0.2) is 0 Å². The number of rotatable bonds is 9. The van der Waals surface area contributed by atoms with Gasteiger partial charge < -0.3 is 14.8 Å². The molecule has 2 rings (SSSR count). The summed E-state index contributed by atoms with van der Waals surface area (Å²) in [7, 11) is 3.37. The first-order chi connectivity index (χ1) is 12.5. The number of amides is 1. The monoisotopic (exact) mass is 362 g/mol. The highest BCUT2D eigenvalue weighted by Gasteiger charge is 2.20. The van der Waals surface area contributed by atoms with E-state index in [-0.39, 0.29) is 5.91 Å². The van der Waals surface area contributed by atoms with Gasteiger partial charge in [0.05, 0.1) is 13.7 Å². The van der Waals surface area contributed by atoms with Gasteiger partial charge in [-0.1, -0.05) is 6.07 Å². The fraction of sp³-hybridized carbons (Fsp3) is 0.667. The predicted octanol–water partition coefficient (Wildman–Crippen LogP) is 3.07. The van der Waals surface area contributed by atoms with Crippen LogP contribution in [0.25, 0.3) is 0 Å². The lowest BCUT2D eigenvalue weighted by atomic mass is 9.91. The molecule has 26 heavy (non-hydrogen) atoms. The van der Waals surface area contributed by atoms with Gasteiger partial charge in [0.2, 0.25) is 5.91 Å². The van der Waals surface area contributed by atoms with Crippen LogP contribution in [0, 0.1) is 19.8 Å². The molecule has 1 saturated heterocycles. The van der Waals surface area contributed by atoms with Crippen molar-refractivity contribution in [2.24, 2.45) is 5.92 Å². The van der Waals surface area contributed by atoms with E-state index >= 15 is 0 Å². The van der Waals surface area contributed by atoms with Crippen molar-refractivity contribution >= 4 is 5.91 Å². The number of carbonyl (C=O) groups excluding carboxylic acids is 1. The number of ether oxygens (including phenoxy) is 2. The zero-order valence-corrected chi connectivity index (χ0v) is 16.8. The average molecular weight is 363 g/mol. The van der Waals surface area contributed by atoms with Crippen LogP contribution in [-0.2, 0) is 16.1 Å². The second-order valence-corrected chi connectivity index (χ2v) is 7.28. The number of nitrogens with zero attached hydrogens (tertiary/aromatic N) is 1. The molecule has 0 aliphatic carbocycles. The van der Waals surface area contributed by atoms with E-state index in [9.17, 15) is 4.79 Å². The number of carbonyl (C=O) groups is 1. The van der Waals surface area contributed by atoms with Gasteiger partial charge in [0.25, 0.3) is 0 Å². The molecule has 1 aliphatic rings. The molecule has 5 heteroatoms. The zero-order chi connectivity index (χ0) is 18.9. The highest BCUT2D eigenvalue weighted by molar-refractivity contribution is 5.75. The Balaban J connectivity index is 1.73. The Morgan fingerprint density at radius 3 is 2.58 bits per heavy atom. The molecule has 1 fully saturated rings. The smallest absolute Gasteiger partial charge is 0.220 e. The standard InChI is InChI=1S/C21H34N2O3/c1-16-17(2)20(26-4)7-6-19(16)15-23-12-9-18(10-13-23)5-8-21(24)22-11-14-25-3/h6-7,18H,5,8-15H2,1-4H3,(H,22,24). The van der Waals surface area contributed by atoms with Gasteiger partial charge in [-0.3, -0.25) is 9.69 Å². The first kappa shape index (κ1) is 20.7. The Kier molecular flexibility index (Phi) is 8.39. The van der Waals surface area contributed by atoms with Crippen LogP contribution in [0.3, 0.4) is 0 Å². The molecule has 1 aromatic rings. The molecule has 1 aromatic carbocycles. The van der Waals surface area contributed by atoms with E-state index in [1.54, 1.807) is 14.2 Å². The molecule has 5 nitrogen and oxygen atoms in total. The molecule has 0 spiro atoms. The van der Waals surface area contributed by atoms with Crippen molar-refractivity contribution in [3.05, 3.63) is 28.8 Å². The lowest BCUT2D eigenvalue weighted by Gasteiger charge is -2.32. The predicted molar refractivity (Wildman–Crippen MR) is 105 cm³/mol. The first-order valence-electron chi connectivity index (χ1n) is 9.66. The van der Waals surface area contributed by atoms with Gasteiger partial charge in [0, 0.05) is 26.6 Å². The maximum Gasteiger partial charge on any atom is 0.220 e. The van der Waals surface area contributed by atoms with Crippen LogP contribution >= 0.6 is 0 Å². The second-order valence-electron chi connectivity index (χ2n) is 7.28. The minimum Gasteiger partial charge on any atom is -0.496 e. The van der Waals surface area contributed by atoms with Crippen molar-refractivity contribution in [1.29, 1.82) is 0 Å². The highest BCUT2D eigenvalue weighted by atomic mass is 16.5. The molecule has 1 aliphatic heterocycles. The van der Waals surface area contributed by atoms with E-state index < -0.39 is 0 Å². The number of piperidine rings is 1. The zero-order valence-electron chi connectivity index (χ0n) is 16.8. The van der Waals surface area contributed by atoms with Crippen LogP contribution < -0.4 is 10.1 Å². The third kappa shape index (κ3) is 5.99. The average Bonchev–Trinajstić information content (AvgIpc) is 2.65. The summed E-state index contributed by atoms with van der Waals surface area (Å²) in [6.45, 7) is 8.72. The van der Waals surface area contributed by atoms with Gasteiger partial charge in [-0.2, -0.15) is 0 Å². The topological polar surface area (TPSA) is 50.8 Å². The summed E-state index contributed by atoms with van der Waals surface area (Å²) in [5, 5.41) is 2.90. The van der Waals surface area contributed by atoms with E-state index in [4.69, 9.17) is 9.47 Å². The molecule has 146 valence electrons. The highest BCUT2D eigenvalue weighted by Crippen LogP contribution is 2.27. The molecular formula is C21H34N2O3. The molecule has 0 saturated carbocycles. The Morgan fingerprint density at radius 2 is 1.92 bits per heavy atom. The van der Waals surface area contributed by atoms with Gasteiger partial charge in [-0.15, -0.1) is 0 Å². The Hall–Kier alpha value is -1.59. The van der Waals surface area contributed by atoms with Gasteiger partial charge in [0.15, 0.2) is 0 Å². The van der Waals surface area contributed by atoms with Crippen LogP contribution in [0.2, 0.25) is 0 Å². The Bertz CT molecular complexity index is 581. The van der Waals surface area contributed by atoms with Crippen molar-refractivity contribution in [1.82, 2.24) is 10.2 Å². The molecule has 0 radical (unpaired) electrons. The summed E-state index contributed by atoms with van der Waals surface area (Å²) in [6, 6.07) is 4.27. The number of likely N-dealkylation sites (tertiary alicyclic amines) is 1. The normalized spacial score (nSPS) is 15.8. The molecule has 1 amide bonds. The first-order valence-corrected chi connectivity index (χ1v) is 9.66. The van der Waals surface area contributed by atoms with Crippen molar-refractivity contribution in [3.63, 3.8) is 0 Å². The Labute approximate surface area is 158 Å². The minimum absolute atomic E-state index is 0.147. The third-order valence-electron chi connectivity index (χ3n) is 5.58. The molecule has 0 atom stereocenters. The van der Waals surface area contributed by atoms with Crippen molar-refractivity contribution < 1.29 is 14.3 Å². The van der Waals surface area contributed by atoms with E-state index in [0.29, 0.717) is 25.5 Å². The molecular weight excluding hydrogens is 328 g/mol. The van der Waals surface area contributed by atoms with Crippen LogP contribution in [0.1, 0.15) is 42.4 Å². The Morgan fingerprint density at radius 1 is 1.19 bits per heavy atom. The van der Waals surface area contributed by atoms with Crippen LogP contribution in [0.4, 0.5) is 0 Å². The van der Waals surface area contributed by atoms with Crippen molar-refractivity contribution in [2.45, 2.75) is 46.1 Å². The number of benzene rings is 1. The summed E-state index contributed by atoms with van der Waals surface area (Å²) in [4.78, 5) is 14.3. The van der Waals surface area contributed by atoms with Crippen LogP contribution in [-0.4, -0.2) is 51.3 Å². The molecule has 0 bridgehead atoms. The maximum atomic E-state index is 11.8. The summed E-state index contributed by atoms with van der Waals surface area (Å²) in [5.41, 5.74) is 3.96. The van der Waals surface area contributed by atoms with E-state index in [2.05, 4.69) is 36.2 Å². The van der Waals surface area contributed by atoms with E-state index in [0.717, 1.165) is 31.8 Å². The number of hydrogen-bond donors (Lipinski definition) is 1. The summed E-state index contributed by atoms with van der Waals surface area (Å²) >= 11 is 0. The fourth-order valence-corrected chi connectivity index (χ4v) is 3.63. The van der Waals surface area contributed by atoms with Crippen molar-refractivity contribution in [3.8, 4) is 5.75 Å². The number of hydrogen-bond acceptors (Lipinski definition) is 4. The largest absolute Gasteiger partial charge is 0.496 e. The molecule has 0 aromatic heterocycles. The van der Waals surface area contributed by atoms with Gasteiger partial charge >= 0.3 is 0 Å². The quantitative estimate of drug-likeness (QED) is 0.686. The number of methoxy groups -OCH3 is 2. The molecule has 1 N–H and O–H groups in total. The van der Waals surface area contributed by atoms with Gasteiger partial charge in [0.1, 0.15) is 5.75 Å². The summed E-state index contributed by atoms with van der Waals surface area (Å²) in [6.07, 6.45) is 3.98. The minimum atomic E-state index is 0.147. The molecule has 0 unspecified atom stereocenters. The second kappa shape index (κ2) is 10.5. The summed E-state index contributed by atoms with van der Waals surface area (Å²) < 4.78 is 10.4. The lowest BCUT2D eigenvalue weighted by Crippen LogP contribution is -2.34. The maximum absolute atomic E-state index is 11.8. The van der Waals surface area contributed by atoms with E-state index in [1.807, 2.05) is 0 Å². The lowest BCUT2D eigenvalue weighted by molar-refractivity contribution is -0.121. The third-order valence-corrected chi connectivity index (χ3v) is 5.58. The van der Waals surface area contributed by atoms with E-state index in [1.165, 1.54) is 29.5 Å². The number of nitrogens with one attached hydrogen (secondary N) is 1. The van der Waals surface area contributed by atoms with Crippen molar-refractivity contribution in [2.75, 3.05) is 40.5 Å². The molecule has 1 heterocycles. The van der Waals surface area contributed by atoms with Gasteiger partial charge in [-0.05, 0) is 74.9 Å². The van der Waals surface area contributed by atoms with Crippen LogP contribution in [0.5, 0.6) is 5.75 Å². The SMILES string of the molecule is COCCNC(=O)CCC1CCN(Cc2ccc(OC)c(C)c2C)CC1. The fourth-order valence-electron chi connectivity index (χ4n) is 3.63.